The van der Waals surface area contributed by atoms with Crippen LogP contribution in [-0.4, -0.2) is 20.4 Å². The Kier molecular flexibility index (Phi) is 5.92. The van der Waals surface area contributed by atoms with E-state index in [2.05, 4.69) is 12.2 Å². The number of amides is 1. The van der Waals surface area contributed by atoms with Crippen molar-refractivity contribution in [1.82, 2.24) is 5.32 Å². The molecule has 1 aromatic carbocycles. The molecule has 0 saturated carbocycles. The zero-order valence-electron chi connectivity index (χ0n) is 13.1. The van der Waals surface area contributed by atoms with Gasteiger partial charge in [-0.2, -0.15) is 0 Å². The van der Waals surface area contributed by atoms with Gasteiger partial charge in [0.05, 0.1) is 4.90 Å². The quantitative estimate of drug-likeness (QED) is 0.844. The number of primary sulfonamides is 1. The largest absolute Gasteiger partial charge is 0.349 e. The molecule has 0 fully saturated rings. The molecule has 1 aromatic rings. The summed E-state index contributed by atoms with van der Waals surface area (Å²) in [4.78, 5) is 12.4. The van der Waals surface area contributed by atoms with Crippen molar-refractivity contribution < 1.29 is 13.2 Å². The molecule has 6 heteroatoms. The number of sulfonamides is 1. The molecule has 1 atom stereocenters. The highest BCUT2D eigenvalue weighted by Gasteiger charge is 2.18. The highest BCUT2D eigenvalue weighted by Crippen LogP contribution is 2.19. The van der Waals surface area contributed by atoms with Gasteiger partial charge >= 0.3 is 0 Å². The Morgan fingerprint density at radius 2 is 1.90 bits per heavy atom. The number of hydrogen-bond acceptors (Lipinski definition) is 3. The Morgan fingerprint density at radius 3 is 2.38 bits per heavy atom. The van der Waals surface area contributed by atoms with E-state index < -0.39 is 10.0 Å². The molecule has 0 aliphatic rings. The summed E-state index contributed by atoms with van der Waals surface area (Å²) in [5, 5.41) is 8.12. The molecule has 1 rings (SSSR count). The van der Waals surface area contributed by atoms with E-state index in [1.54, 1.807) is 13.8 Å². The Morgan fingerprint density at radius 1 is 1.29 bits per heavy atom. The Hall–Kier alpha value is -1.40. The molecule has 118 valence electrons. The monoisotopic (exact) mass is 312 g/mol. The average Bonchev–Trinajstić information content (AvgIpc) is 2.39. The second kappa shape index (κ2) is 7.04. The summed E-state index contributed by atoms with van der Waals surface area (Å²) in [5.74, 6) is -0.249. The minimum atomic E-state index is -3.82. The molecule has 0 saturated heterocycles. The summed E-state index contributed by atoms with van der Waals surface area (Å²) in [7, 11) is -3.82. The average molecular weight is 312 g/mol. The van der Waals surface area contributed by atoms with Gasteiger partial charge in [-0.1, -0.05) is 20.3 Å². The van der Waals surface area contributed by atoms with Gasteiger partial charge in [0, 0.05) is 11.6 Å². The molecule has 0 radical (unpaired) electrons. The molecule has 1 amide bonds. The van der Waals surface area contributed by atoms with Crippen LogP contribution < -0.4 is 10.5 Å². The van der Waals surface area contributed by atoms with Gasteiger partial charge < -0.3 is 5.32 Å². The van der Waals surface area contributed by atoms with E-state index in [1.807, 2.05) is 6.92 Å². The Balaban J connectivity index is 3.17. The van der Waals surface area contributed by atoms with Crippen LogP contribution in [0.2, 0.25) is 0 Å². The number of benzene rings is 1. The van der Waals surface area contributed by atoms with Gasteiger partial charge in [0.15, 0.2) is 0 Å². The molecule has 0 spiro atoms. The normalized spacial score (nSPS) is 13.0. The number of hydrogen-bond donors (Lipinski definition) is 2. The van der Waals surface area contributed by atoms with Crippen molar-refractivity contribution in [2.45, 2.75) is 57.9 Å². The summed E-state index contributed by atoms with van der Waals surface area (Å²) in [6, 6.07) is 2.94. The molecule has 5 nitrogen and oxygen atoms in total. The van der Waals surface area contributed by atoms with Crippen LogP contribution in [-0.2, 0) is 10.0 Å². The maximum absolute atomic E-state index is 12.4. The SMILES string of the molecule is CCCC(CC)NC(=O)c1cc(S(N)(=O)=O)cc(C)c1C. The van der Waals surface area contributed by atoms with Crippen LogP contribution in [0.1, 0.15) is 54.6 Å². The summed E-state index contributed by atoms with van der Waals surface area (Å²) in [6.45, 7) is 7.65. The smallest absolute Gasteiger partial charge is 0.251 e. The summed E-state index contributed by atoms with van der Waals surface area (Å²) in [5.41, 5.74) is 1.87. The second-order valence-electron chi connectivity index (χ2n) is 5.33. The lowest BCUT2D eigenvalue weighted by molar-refractivity contribution is 0.0933. The van der Waals surface area contributed by atoms with Crippen LogP contribution in [0.15, 0.2) is 17.0 Å². The molecular formula is C15H24N2O3S. The zero-order chi connectivity index (χ0) is 16.2. The molecule has 0 aliphatic carbocycles. The zero-order valence-corrected chi connectivity index (χ0v) is 13.9. The van der Waals surface area contributed by atoms with Crippen molar-refractivity contribution in [2.75, 3.05) is 0 Å². The van der Waals surface area contributed by atoms with Gasteiger partial charge in [0.25, 0.3) is 5.91 Å². The van der Waals surface area contributed by atoms with E-state index in [9.17, 15) is 13.2 Å². The minimum Gasteiger partial charge on any atom is -0.349 e. The molecule has 21 heavy (non-hydrogen) atoms. The van der Waals surface area contributed by atoms with Gasteiger partial charge in [-0.15, -0.1) is 0 Å². The second-order valence-corrected chi connectivity index (χ2v) is 6.89. The third-order valence-corrected chi connectivity index (χ3v) is 4.57. The topological polar surface area (TPSA) is 89.3 Å². The summed E-state index contributed by atoms with van der Waals surface area (Å²) >= 11 is 0. The lowest BCUT2D eigenvalue weighted by atomic mass is 10.0. The first kappa shape index (κ1) is 17.7. The van der Waals surface area contributed by atoms with Crippen LogP contribution in [0.5, 0.6) is 0 Å². The summed E-state index contributed by atoms with van der Waals surface area (Å²) < 4.78 is 23.0. The fourth-order valence-corrected chi connectivity index (χ4v) is 2.84. The fraction of sp³-hybridized carbons (Fsp3) is 0.533. The van der Waals surface area contributed by atoms with E-state index in [0.717, 1.165) is 30.4 Å². The van der Waals surface area contributed by atoms with Crippen molar-refractivity contribution in [2.24, 2.45) is 5.14 Å². The van der Waals surface area contributed by atoms with Crippen molar-refractivity contribution in [3.63, 3.8) is 0 Å². The number of nitrogens with one attached hydrogen (secondary N) is 1. The van der Waals surface area contributed by atoms with E-state index in [0.29, 0.717) is 5.56 Å². The predicted octanol–water partition coefficient (Wildman–Crippen LogP) is 2.26. The Bertz CT molecular complexity index is 624. The number of carbonyl (C=O) groups excluding carboxylic acids is 1. The van der Waals surface area contributed by atoms with Gasteiger partial charge in [-0.3, -0.25) is 4.79 Å². The Labute approximate surface area is 127 Å². The lowest BCUT2D eigenvalue weighted by Crippen LogP contribution is -2.35. The minimum absolute atomic E-state index is 0.0284. The van der Waals surface area contributed by atoms with E-state index in [4.69, 9.17) is 5.14 Å². The van der Waals surface area contributed by atoms with Crippen molar-refractivity contribution >= 4 is 15.9 Å². The van der Waals surface area contributed by atoms with E-state index in [1.165, 1.54) is 12.1 Å². The number of nitrogens with two attached hydrogens (primary N) is 1. The van der Waals surface area contributed by atoms with Gasteiger partial charge in [0.2, 0.25) is 10.0 Å². The van der Waals surface area contributed by atoms with Crippen LogP contribution in [0.3, 0.4) is 0 Å². The molecule has 1 unspecified atom stereocenters. The molecule has 0 aliphatic heterocycles. The fourth-order valence-electron chi connectivity index (χ4n) is 2.22. The van der Waals surface area contributed by atoms with Crippen molar-refractivity contribution in [3.05, 3.63) is 28.8 Å². The molecule has 0 bridgehead atoms. The highest BCUT2D eigenvalue weighted by atomic mass is 32.2. The highest BCUT2D eigenvalue weighted by molar-refractivity contribution is 7.89. The standard InChI is InChI=1S/C15H24N2O3S/c1-5-7-12(6-2)17-15(18)14-9-13(21(16,19)20)8-10(3)11(14)4/h8-9,12H,5-7H2,1-4H3,(H,17,18)(H2,16,19,20). The van der Waals surface area contributed by atoms with E-state index in [-0.39, 0.29) is 16.8 Å². The summed E-state index contributed by atoms with van der Waals surface area (Å²) in [6.07, 6.45) is 2.72. The van der Waals surface area contributed by atoms with Crippen molar-refractivity contribution in [1.29, 1.82) is 0 Å². The van der Waals surface area contributed by atoms with Crippen molar-refractivity contribution in [3.8, 4) is 0 Å². The first-order valence-corrected chi connectivity index (χ1v) is 8.70. The van der Waals surface area contributed by atoms with Gasteiger partial charge in [-0.05, 0) is 49.9 Å². The van der Waals surface area contributed by atoms with Crippen LogP contribution in [0.25, 0.3) is 0 Å². The maximum Gasteiger partial charge on any atom is 0.251 e. The molecule has 0 aromatic heterocycles. The number of carbonyl (C=O) groups is 1. The maximum atomic E-state index is 12.4. The van der Waals surface area contributed by atoms with Crippen LogP contribution >= 0.6 is 0 Å². The van der Waals surface area contributed by atoms with Gasteiger partial charge in [-0.25, -0.2) is 13.6 Å². The number of rotatable bonds is 6. The van der Waals surface area contributed by atoms with Gasteiger partial charge in [0.1, 0.15) is 0 Å². The molecular weight excluding hydrogens is 288 g/mol. The number of aryl methyl sites for hydroxylation is 1. The van der Waals surface area contributed by atoms with Crippen LogP contribution in [0, 0.1) is 13.8 Å². The first-order valence-electron chi connectivity index (χ1n) is 7.15. The molecule has 0 heterocycles. The third kappa shape index (κ3) is 4.54. The third-order valence-electron chi connectivity index (χ3n) is 3.68. The van der Waals surface area contributed by atoms with E-state index >= 15 is 0 Å². The first-order chi connectivity index (χ1) is 9.70. The van der Waals surface area contributed by atoms with Crippen LogP contribution in [0.4, 0.5) is 0 Å². The lowest BCUT2D eigenvalue weighted by Gasteiger charge is -2.18. The predicted molar refractivity (Wildman–Crippen MR) is 83.7 cm³/mol. The molecule has 3 N–H and O–H groups in total.